The number of rotatable bonds is 8. The minimum atomic E-state index is -0.0966. The molecule has 1 amide bonds. The predicted molar refractivity (Wildman–Crippen MR) is 96.9 cm³/mol. The predicted octanol–water partition coefficient (Wildman–Crippen LogP) is 3.00. The number of nitrogens with zero attached hydrogens (tertiary/aromatic N) is 2. The van der Waals surface area contributed by atoms with Crippen molar-refractivity contribution in [3.05, 3.63) is 63.3 Å². The van der Waals surface area contributed by atoms with E-state index in [9.17, 15) is 4.79 Å². The number of carbonyl (C=O) groups excluding carboxylic acids is 1. The van der Waals surface area contributed by atoms with Crippen molar-refractivity contribution in [2.24, 2.45) is 0 Å². The first-order valence-corrected chi connectivity index (χ1v) is 9.02. The van der Waals surface area contributed by atoms with Crippen LogP contribution < -0.4 is 10.1 Å². The molecule has 0 saturated carbocycles. The van der Waals surface area contributed by atoms with Crippen LogP contribution in [0.25, 0.3) is 0 Å². The first-order valence-electron chi connectivity index (χ1n) is 7.76. The maximum Gasteiger partial charge on any atom is 0.227 e. The molecule has 6 nitrogen and oxygen atoms in total. The van der Waals surface area contributed by atoms with Crippen molar-refractivity contribution in [3.63, 3.8) is 0 Å². The van der Waals surface area contributed by atoms with Crippen molar-refractivity contribution in [2.45, 2.75) is 19.4 Å². The summed E-state index contributed by atoms with van der Waals surface area (Å²) in [4.78, 5) is 17.4. The second-order valence-electron chi connectivity index (χ2n) is 5.30. The van der Waals surface area contributed by atoms with E-state index in [1.54, 1.807) is 35.6 Å². The van der Waals surface area contributed by atoms with Crippen LogP contribution in [0.3, 0.4) is 0 Å². The van der Waals surface area contributed by atoms with Crippen molar-refractivity contribution in [2.75, 3.05) is 6.54 Å². The third-order valence-corrected chi connectivity index (χ3v) is 4.55. The van der Waals surface area contributed by atoms with Crippen molar-refractivity contribution < 1.29 is 9.53 Å². The van der Waals surface area contributed by atoms with E-state index in [2.05, 4.69) is 26.6 Å². The lowest BCUT2D eigenvalue weighted by molar-refractivity contribution is -0.120. The van der Waals surface area contributed by atoms with Gasteiger partial charge in [0.05, 0.1) is 6.42 Å². The van der Waals surface area contributed by atoms with Crippen molar-refractivity contribution >= 4 is 28.8 Å². The molecule has 0 atom stereocenters. The quantitative estimate of drug-likeness (QED) is 0.633. The van der Waals surface area contributed by atoms with E-state index in [-0.39, 0.29) is 18.9 Å². The van der Waals surface area contributed by atoms with Gasteiger partial charge in [-0.3, -0.25) is 9.89 Å². The molecular weight excluding hydrogens is 360 g/mol. The summed E-state index contributed by atoms with van der Waals surface area (Å²) in [5.41, 5.74) is 0. The van der Waals surface area contributed by atoms with Gasteiger partial charge in [-0.2, -0.15) is 5.10 Å². The minimum Gasteiger partial charge on any atom is -0.486 e. The highest BCUT2D eigenvalue weighted by Gasteiger charge is 2.09. The summed E-state index contributed by atoms with van der Waals surface area (Å²) >= 11 is 7.51. The van der Waals surface area contributed by atoms with Gasteiger partial charge in [0.25, 0.3) is 0 Å². The number of halogens is 1. The van der Waals surface area contributed by atoms with E-state index in [1.165, 1.54) is 4.88 Å². The van der Waals surface area contributed by atoms with Gasteiger partial charge in [-0.15, -0.1) is 11.3 Å². The maximum absolute atomic E-state index is 11.9. The summed E-state index contributed by atoms with van der Waals surface area (Å²) in [5.74, 6) is 1.61. The van der Waals surface area contributed by atoms with E-state index < -0.39 is 0 Å². The van der Waals surface area contributed by atoms with E-state index in [4.69, 9.17) is 16.3 Å². The van der Waals surface area contributed by atoms with Crippen molar-refractivity contribution in [1.29, 1.82) is 0 Å². The zero-order valence-electron chi connectivity index (χ0n) is 13.4. The van der Waals surface area contributed by atoms with Crippen LogP contribution in [-0.4, -0.2) is 27.6 Å². The molecule has 0 spiro atoms. The van der Waals surface area contributed by atoms with Gasteiger partial charge in [0.1, 0.15) is 12.4 Å². The molecule has 0 fully saturated rings. The Bertz CT molecular complexity index is 802. The fraction of sp³-hybridized carbons (Fsp3) is 0.235. The van der Waals surface area contributed by atoms with Gasteiger partial charge in [0, 0.05) is 16.4 Å². The number of amides is 1. The van der Waals surface area contributed by atoms with E-state index >= 15 is 0 Å². The van der Waals surface area contributed by atoms with E-state index in [0.717, 1.165) is 6.42 Å². The Labute approximate surface area is 154 Å². The summed E-state index contributed by atoms with van der Waals surface area (Å²) in [7, 11) is 0. The second kappa shape index (κ2) is 8.64. The average molecular weight is 377 g/mol. The number of thiophene rings is 1. The largest absolute Gasteiger partial charge is 0.486 e. The molecule has 0 aliphatic heterocycles. The molecule has 25 heavy (non-hydrogen) atoms. The summed E-state index contributed by atoms with van der Waals surface area (Å²) in [5, 5.41) is 12.4. The van der Waals surface area contributed by atoms with E-state index in [1.807, 2.05) is 11.4 Å². The number of aromatic nitrogens is 3. The number of ether oxygens (including phenoxy) is 1. The molecule has 130 valence electrons. The molecule has 0 aliphatic rings. The lowest BCUT2D eigenvalue weighted by Crippen LogP contribution is -2.27. The van der Waals surface area contributed by atoms with Gasteiger partial charge < -0.3 is 10.1 Å². The van der Waals surface area contributed by atoms with Crippen LogP contribution in [0.4, 0.5) is 0 Å². The van der Waals surface area contributed by atoms with Gasteiger partial charge in [-0.05, 0) is 42.1 Å². The zero-order chi connectivity index (χ0) is 17.5. The van der Waals surface area contributed by atoms with Crippen LogP contribution in [0.5, 0.6) is 5.75 Å². The van der Waals surface area contributed by atoms with Crippen molar-refractivity contribution in [3.8, 4) is 5.75 Å². The van der Waals surface area contributed by atoms with Crippen LogP contribution in [0.2, 0.25) is 5.02 Å². The SMILES string of the molecule is O=C(Cc1n[nH]c(COc2ccc(Cl)cc2)n1)NCCc1cccs1. The lowest BCUT2D eigenvalue weighted by atomic mass is 10.3. The molecule has 0 unspecified atom stereocenters. The third-order valence-electron chi connectivity index (χ3n) is 3.36. The molecule has 8 heteroatoms. The number of hydrogen-bond acceptors (Lipinski definition) is 5. The van der Waals surface area contributed by atoms with Crippen LogP contribution >= 0.6 is 22.9 Å². The molecule has 0 saturated heterocycles. The maximum atomic E-state index is 11.9. The van der Waals surface area contributed by atoms with Crippen molar-refractivity contribution in [1.82, 2.24) is 20.5 Å². The van der Waals surface area contributed by atoms with Gasteiger partial charge in [-0.25, -0.2) is 4.98 Å². The number of benzene rings is 1. The molecule has 0 bridgehead atoms. The molecule has 2 heterocycles. The highest BCUT2D eigenvalue weighted by Crippen LogP contribution is 2.16. The number of carbonyl (C=O) groups is 1. The number of aromatic amines is 1. The normalized spacial score (nSPS) is 10.6. The van der Waals surface area contributed by atoms with Gasteiger partial charge >= 0.3 is 0 Å². The fourth-order valence-corrected chi connectivity index (χ4v) is 2.98. The topological polar surface area (TPSA) is 79.9 Å². The molecular formula is C17H17ClN4O2S. The van der Waals surface area contributed by atoms with Crippen LogP contribution in [-0.2, 0) is 24.2 Å². The molecule has 3 aromatic rings. The average Bonchev–Trinajstić information content (AvgIpc) is 3.26. The Morgan fingerprint density at radius 2 is 2.12 bits per heavy atom. The first kappa shape index (κ1) is 17.4. The number of nitrogens with one attached hydrogen (secondary N) is 2. The molecule has 3 rings (SSSR count). The summed E-state index contributed by atoms with van der Waals surface area (Å²) < 4.78 is 5.58. The minimum absolute atomic E-state index is 0.0966. The van der Waals surface area contributed by atoms with Crippen LogP contribution in [0.15, 0.2) is 41.8 Å². The Kier molecular flexibility index (Phi) is 6.03. The first-order chi connectivity index (χ1) is 12.2. The van der Waals surface area contributed by atoms with Gasteiger partial charge in [0.2, 0.25) is 5.91 Å². The third kappa shape index (κ3) is 5.58. The molecule has 0 radical (unpaired) electrons. The smallest absolute Gasteiger partial charge is 0.227 e. The molecule has 0 aliphatic carbocycles. The summed E-state index contributed by atoms with van der Waals surface area (Å²) in [6.07, 6.45) is 0.972. The van der Waals surface area contributed by atoms with E-state index in [0.29, 0.717) is 29.0 Å². The van der Waals surface area contributed by atoms with Crippen LogP contribution in [0.1, 0.15) is 16.5 Å². The van der Waals surface area contributed by atoms with Crippen LogP contribution in [0, 0.1) is 0 Å². The lowest BCUT2D eigenvalue weighted by Gasteiger charge is -2.03. The van der Waals surface area contributed by atoms with Gasteiger partial charge in [0.15, 0.2) is 11.6 Å². The highest BCUT2D eigenvalue weighted by atomic mass is 35.5. The highest BCUT2D eigenvalue weighted by molar-refractivity contribution is 7.09. The summed E-state index contributed by atoms with van der Waals surface area (Å²) in [6.45, 7) is 0.852. The van der Waals surface area contributed by atoms with Gasteiger partial charge in [-0.1, -0.05) is 17.7 Å². The summed E-state index contributed by atoms with van der Waals surface area (Å²) in [6, 6.07) is 11.1. The second-order valence-corrected chi connectivity index (χ2v) is 6.77. The monoisotopic (exact) mass is 376 g/mol. The Hall–Kier alpha value is -2.38. The standard InChI is InChI=1S/C17H17ClN4O2S/c18-12-3-5-13(6-4-12)24-11-16-20-15(21-22-16)10-17(23)19-8-7-14-2-1-9-25-14/h1-6,9H,7-8,10-11H2,(H,19,23)(H,20,21,22). The fourth-order valence-electron chi connectivity index (χ4n) is 2.15. The Morgan fingerprint density at radius 1 is 1.28 bits per heavy atom. The zero-order valence-corrected chi connectivity index (χ0v) is 14.9. The Morgan fingerprint density at radius 3 is 2.88 bits per heavy atom. The molecule has 1 aromatic carbocycles. The molecule has 2 N–H and O–H groups in total. The molecule has 2 aromatic heterocycles. The number of hydrogen-bond donors (Lipinski definition) is 2. The number of H-pyrrole nitrogens is 1. The Balaban J connectivity index is 1.41.